The molecule has 0 bridgehead atoms. The van der Waals surface area contributed by atoms with Crippen molar-refractivity contribution < 1.29 is 4.74 Å². The molecular weight excluding hydrogens is 210 g/mol. The smallest absolute Gasteiger partial charge is 0.119 e. The minimum absolute atomic E-state index is 0.595. The Balaban J connectivity index is 2.31. The Kier molecular flexibility index (Phi) is 6.41. The highest BCUT2D eigenvalue weighted by Crippen LogP contribution is 2.13. The van der Waals surface area contributed by atoms with Crippen molar-refractivity contribution in [2.45, 2.75) is 26.7 Å². The van der Waals surface area contributed by atoms with E-state index in [1.165, 1.54) is 12.0 Å². The average molecular weight is 233 g/mol. The maximum atomic E-state index is 5.55. The fraction of sp³-hybridized carbons (Fsp3) is 0.467. The molecule has 0 fully saturated rings. The number of rotatable bonds is 8. The van der Waals surface area contributed by atoms with Crippen molar-refractivity contribution in [2.75, 3.05) is 19.7 Å². The second kappa shape index (κ2) is 7.91. The van der Waals surface area contributed by atoms with Gasteiger partial charge in [-0.15, -0.1) is 0 Å². The van der Waals surface area contributed by atoms with Crippen LogP contribution in [-0.2, 0) is 6.42 Å². The maximum absolute atomic E-state index is 5.55. The molecule has 0 spiro atoms. The summed E-state index contributed by atoms with van der Waals surface area (Å²) in [5.41, 5.74) is 2.38. The zero-order chi connectivity index (χ0) is 12.5. The lowest BCUT2D eigenvalue weighted by Crippen LogP contribution is -2.17. The molecule has 0 aliphatic carbocycles. The summed E-state index contributed by atoms with van der Waals surface area (Å²) >= 11 is 0. The summed E-state index contributed by atoms with van der Waals surface area (Å²) in [7, 11) is 0. The molecule has 1 aromatic rings. The third-order valence-electron chi connectivity index (χ3n) is 2.43. The predicted molar refractivity (Wildman–Crippen MR) is 73.6 cm³/mol. The molecule has 0 atom stereocenters. The molecule has 1 rings (SSSR count). The van der Waals surface area contributed by atoms with Crippen LogP contribution in [0.1, 0.15) is 25.8 Å². The summed E-state index contributed by atoms with van der Waals surface area (Å²) in [6.07, 6.45) is 2.26. The molecule has 1 N–H and O–H groups in total. The van der Waals surface area contributed by atoms with E-state index in [0.717, 1.165) is 30.8 Å². The first kappa shape index (κ1) is 13.8. The monoisotopic (exact) mass is 233 g/mol. The molecule has 0 saturated heterocycles. The van der Waals surface area contributed by atoms with E-state index in [0.29, 0.717) is 6.61 Å². The van der Waals surface area contributed by atoms with Crippen LogP contribution in [0.2, 0.25) is 0 Å². The third-order valence-corrected chi connectivity index (χ3v) is 2.43. The van der Waals surface area contributed by atoms with Crippen LogP contribution in [-0.4, -0.2) is 19.7 Å². The van der Waals surface area contributed by atoms with E-state index >= 15 is 0 Å². The van der Waals surface area contributed by atoms with Crippen LogP contribution in [0.4, 0.5) is 0 Å². The van der Waals surface area contributed by atoms with E-state index in [2.05, 4.69) is 31.0 Å². The van der Waals surface area contributed by atoms with Gasteiger partial charge in [-0.1, -0.05) is 25.6 Å². The van der Waals surface area contributed by atoms with Crippen LogP contribution in [0.25, 0.3) is 0 Å². The fourth-order valence-corrected chi connectivity index (χ4v) is 1.49. The Morgan fingerprint density at radius 2 is 1.94 bits per heavy atom. The first-order chi connectivity index (χ1) is 8.22. The Morgan fingerprint density at radius 1 is 1.24 bits per heavy atom. The standard InChI is InChI=1S/C15H23NO/c1-4-10-16-11-9-14-5-7-15(8-6-14)17-12-13(2)3/h5-8,16H,2,4,9-12H2,1,3H3. The van der Waals surface area contributed by atoms with Crippen LogP contribution in [0, 0.1) is 0 Å². The van der Waals surface area contributed by atoms with Crippen molar-refractivity contribution >= 4 is 0 Å². The van der Waals surface area contributed by atoms with Crippen LogP contribution < -0.4 is 10.1 Å². The molecule has 0 saturated carbocycles. The van der Waals surface area contributed by atoms with Crippen molar-refractivity contribution in [3.63, 3.8) is 0 Å². The zero-order valence-corrected chi connectivity index (χ0v) is 11.0. The summed E-state index contributed by atoms with van der Waals surface area (Å²) in [6, 6.07) is 8.30. The van der Waals surface area contributed by atoms with E-state index in [9.17, 15) is 0 Å². The highest BCUT2D eigenvalue weighted by molar-refractivity contribution is 5.27. The van der Waals surface area contributed by atoms with Crippen molar-refractivity contribution in [1.29, 1.82) is 0 Å². The van der Waals surface area contributed by atoms with Crippen LogP contribution >= 0.6 is 0 Å². The van der Waals surface area contributed by atoms with Gasteiger partial charge in [-0.2, -0.15) is 0 Å². The van der Waals surface area contributed by atoms with Crippen molar-refractivity contribution in [2.24, 2.45) is 0 Å². The van der Waals surface area contributed by atoms with Crippen LogP contribution in [0.15, 0.2) is 36.4 Å². The van der Waals surface area contributed by atoms with Gasteiger partial charge < -0.3 is 10.1 Å². The number of benzene rings is 1. The second-order valence-corrected chi connectivity index (χ2v) is 4.39. The molecule has 2 heteroatoms. The summed E-state index contributed by atoms with van der Waals surface area (Å²) in [5, 5.41) is 3.40. The summed E-state index contributed by atoms with van der Waals surface area (Å²) < 4.78 is 5.55. The molecule has 0 aliphatic heterocycles. The first-order valence-corrected chi connectivity index (χ1v) is 6.29. The predicted octanol–water partition coefficient (Wildman–Crippen LogP) is 3.18. The van der Waals surface area contributed by atoms with E-state index in [4.69, 9.17) is 4.74 Å². The topological polar surface area (TPSA) is 21.3 Å². The Labute approximate surface area is 105 Å². The zero-order valence-electron chi connectivity index (χ0n) is 11.0. The molecule has 0 amide bonds. The molecule has 0 aliphatic rings. The second-order valence-electron chi connectivity index (χ2n) is 4.39. The lowest BCUT2D eigenvalue weighted by molar-refractivity contribution is 0.352. The van der Waals surface area contributed by atoms with Gasteiger partial charge in [-0.05, 0) is 56.1 Å². The van der Waals surface area contributed by atoms with E-state index in [-0.39, 0.29) is 0 Å². The summed E-state index contributed by atoms with van der Waals surface area (Å²) in [6.45, 7) is 10.7. The molecule has 17 heavy (non-hydrogen) atoms. The van der Waals surface area contributed by atoms with Gasteiger partial charge >= 0.3 is 0 Å². The van der Waals surface area contributed by atoms with Crippen LogP contribution in [0.5, 0.6) is 5.75 Å². The Morgan fingerprint density at radius 3 is 2.53 bits per heavy atom. The third kappa shape index (κ3) is 6.12. The summed E-state index contributed by atoms with van der Waals surface area (Å²) in [5.74, 6) is 0.915. The molecule has 1 aromatic carbocycles. The molecular formula is C15H23NO. The van der Waals surface area contributed by atoms with Gasteiger partial charge in [0.2, 0.25) is 0 Å². The Hall–Kier alpha value is -1.28. The number of hydrogen-bond donors (Lipinski definition) is 1. The largest absolute Gasteiger partial charge is 0.489 e. The van der Waals surface area contributed by atoms with E-state index in [1.807, 2.05) is 19.1 Å². The van der Waals surface area contributed by atoms with E-state index < -0.39 is 0 Å². The molecule has 0 unspecified atom stereocenters. The van der Waals surface area contributed by atoms with Gasteiger partial charge in [0.1, 0.15) is 12.4 Å². The maximum Gasteiger partial charge on any atom is 0.119 e. The van der Waals surface area contributed by atoms with Gasteiger partial charge in [-0.3, -0.25) is 0 Å². The normalized spacial score (nSPS) is 10.2. The molecule has 2 nitrogen and oxygen atoms in total. The molecule has 0 aromatic heterocycles. The lowest BCUT2D eigenvalue weighted by atomic mass is 10.1. The number of hydrogen-bond acceptors (Lipinski definition) is 2. The molecule has 0 heterocycles. The number of nitrogens with one attached hydrogen (secondary N) is 1. The average Bonchev–Trinajstić information content (AvgIpc) is 2.33. The van der Waals surface area contributed by atoms with E-state index in [1.54, 1.807) is 0 Å². The SMILES string of the molecule is C=C(C)COc1ccc(CCNCCC)cc1. The highest BCUT2D eigenvalue weighted by atomic mass is 16.5. The Bertz CT molecular complexity index is 329. The summed E-state index contributed by atoms with van der Waals surface area (Å²) in [4.78, 5) is 0. The first-order valence-electron chi connectivity index (χ1n) is 6.29. The van der Waals surface area contributed by atoms with Crippen molar-refractivity contribution in [1.82, 2.24) is 5.32 Å². The van der Waals surface area contributed by atoms with Crippen molar-refractivity contribution in [3.8, 4) is 5.75 Å². The lowest BCUT2D eigenvalue weighted by Gasteiger charge is -2.07. The number of ether oxygens (including phenoxy) is 1. The van der Waals surface area contributed by atoms with Crippen molar-refractivity contribution in [3.05, 3.63) is 42.0 Å². The minimum atomic E-state index is 0.595. The quantitative estimate of drug-likeness (QED) is 0.550. The highest BCUT2D eigenvalue weighted by Gasteiger charge is 1.96. The van der Waals surface area contributed by atoms with Gasteiger partial charge in [0.25, 0.3) is 0 Å². The van der Waals surface area contributed by atoms with Gasteiger partial charge in [0.05, 0.1) is 0 Å². The van der Waals surface area contributed by atoms with Gasteiger partial charge in [0.15, 0.2) is 0 Å². The minimum Gasteiger partial charge on any atom is -0.489 e. The van der Waals surface area contributed by atoms with Crippen LogP contribution in [0.3, 0.4) is 0 Å². The fourth-order valence-electron chi connectivity index (χ4n) is 1.49. The molecule has 0 radical (unpaired) electrons. The van der Waals surface area contributed by atoms with Gasteiger partial charge in [0, 0.05) is 0 Å². The van der Waals surface area contributed by atoms with Gasteiger partial charge in [-0.25, -0.2) is 0 Å². The molecule has 94 valence electrons.